The number of piperidine rings is 1. The van der Waals surface area contributed by atoms with Gasteiger partial charge in [0.2, 0.25) is 17.7 Å². The molecular weight excluding hydrogens is 320 g/mol. The highest BCUT2D eigenvalue weighted by molar-refractivity contribution is 7.99. The highest BCUT2D eigenvalue weighted by atomic mass is 35.5. The molecular formula is C12H13ClN2O3S2. The molecule has 5 nitrogen and oxygen atoms in total. The van der Waals surface area contributed by atoms with Crippen LogP contribution in [0.15, 0.2) is 12.1 Å². The van der Waals surface area contributed by atoms with E-state index in [4.69, 9.17) is 11.6 Å². The molecule has 3 amide bonds. The summed E-state index contributed by atoms with van der Waals surface area (Å²) >= 11 is 8.76. The van der Waals surface area contributed by atoms with Crippen molar-refractivity contribution in [2.45, 2.75) is 24.6 Å². The van der Waals surface area contributed by atoms with Crippen LogP contribution in [0.25, 0.3) is 0 Å². The lowest BCUT2D eigenvalue weighted by Gasteiger charge is -2.21. The summed E-state index contributed by atoms with van der Waals surface area (Å²) in [4.78, 5) is 35.3. The third kappa shape index (κ3) is 4.50. The van der Waals surface area contributed by atoms with Gasteiger partial charge in [-0.25, -0.2) is 0 Å². The number of nitrogens with one attached hydrogen (secondary N) is 2. The minimum absolute atomic E-state index is 0.202. The van der Waals surface area contributed by atoms with Crippen molar-refractivity contribution in [3.63, 3.8) is 0 Å². The molecule has 1 aliphatic rings. The van der Waals surface area contributed by atoms with E-state index in [-0.39, 0.29) is 24.0 Å². The Balaban J connectivity index is 1.70. The van der Waals surface area contributed by atoms with Crippen LogP contribution < -0.4 is 10.6 Å². The summed E-state index contributed by atoms with van der Waals surface area (Å²) in [6.45, 7) is 0. The maximum atomic E-state index is 11.7. The predicted molar refractivity (Wildman–Crippen MR) is 79.8 cm³/mol. The summed E-state index contributed by atoms with van der Waals surface area (Å²) in [5, 5.41) is 4.84. The van der Waals surface area contributed by atoms with Gasteiger partial charge in [0.1, 0.15) is 6.04 Å². The number of hydrogen-bond donors (Lipinski definition) is 2. The van der Waals surface area contributed by atoms with Gasteiger partial charge in [-0.3, -0.25) is 19.7 Å². The zero-order chi connectivity index (χ0) is 14.5. The second kappa shape index (κ2) is 7.10. The quantitative estimate of drug-likeness (QED) is 0.802. The number of thioether (sulfide) groups is 1. The number of carbonyl (C=O) groups excluding carboxylic acids is 3. The first-order valence-electron chi connectivity index (χ1n) is 5.99. The predicted octanol–water partition coefficient (Wildman–Crippen LogP) is 1.56. The van der Waals surface area contributed by atoms with Crippen LogP contribution >= 0.6 is 34.7 Å². The van der Waals surface area contributed by atoms with Crippen molar-refractivity contribution in [3.8, 4) is 0 Å². The van der Waals surface area contributed by atoms with Gasteiger partial charge in [-0.05, 0) is 18.6 Å². The number of carbonyl (C=O) groups is 3. The average Bonchev–Trinajstić information content (AvgIpc) is 2.79. The molecule has 1 unspecified atom stereocenters. The van der Waals surface area contributed by atoms with Crippen LogP contribution in [-0.2, 0) is 20.1 Å². The SMILES string of the molecule is O=C1CCC(NC(=O)CSCc2ccc(Cl)s2)C(=O)N1. The number of thiophene rings is 1. The largest absolute Gasteiger partial charge is 0.344 e. The second-order valence-corrected chi connectivity index (χ2v) is 7.06. The molecule has 0 spiro atoms. The Labute approximate surface area is 129 Å². The molecule has 2 N–H and O–H groups in total. The van der Waals surface area contributed by atoms with Crippen LogP contribution in [0, 0.1) is 0 Å². The molecule has 1 aromatic rings. The molecule has 0 saturated carbocycles. The number of halogens is 1. The number of rotatable bonds is 5. The van der Waals surface area contributed by atoms with Gasteiger partial charge < -0.3 is 5.32 Å². The van der Waals surface area contributed by atoms with Gasteiger partial charge in [0, 0.05) is 17.1 Å². The molecule has 1 atom stereocenters. The summed E-state index contributed by atoms with van der Waals surface area (Å²) in [6, 6.07) is 3.15. The normalized spacial score (nSPS) is 18.8. The monoisotopic (exact) mass is 332 g/mol. The lowest BCUT2D eigenvalue weighted by Crippen LogP contribution is -2.52. The molecule has 0 radical (unpaired) electrons. The van der Waals surface area contributed by atoms with Crippen molar-refractivity contribution in [3.05, 3.63) is 21.3 Å². The van der Waals surface area contributed by atoms with Crippen LogP contribution in [-0.4, -0.2) is 29.5 Å². The summed E-state index contributed by atoms with van der Waals surface area (Å²) < 4.78 is 0.730. The highest BCUT2D eigenvalue weighted by Gasteiger charge is 2.27. The van der Waals surface area contributed by atoms with Crippen LogP contribution in [0.3, 0.4) is 0 Å². The van der Waals surface area contributed by atoms with Crippen LogP contribution in [0.2, 0.25) is 4.34 Å². The smallest absolute Gasteiger partial charge is 0.249 e. The van der Waals surface area contributed by atoms with Crippen molar-refractivity contribution in [2.24, 2.45) is 0 Å². The lowest BCUT2D eigenvalue weighted by molar-refractivity contribution is -0.136. The molecule has 1 aliphatic heterocycles. The van der Waals surface area contributed by atoms with Gasteiger partial charge in [-0.1, -0.05) is 11.6 Å². The number of amides is 3. The van der Waals surface area contributed by atoms with Crippen molar-refractivity contribution < 1.29 is 14.4 Å². The molecule has 2 heterocycles. The summed E-state index contributed by atoms with van der Waals surface area (Å²) in [5.74, 6) is 0.0640. The molecule has 1 saturated heterocycles. The lowest BCUT2D eigenvalue weighted by atomic mass is 10.1. The molecule has 1 aromatic heterocycles. The summed E-state index contributed by atoms with van der Waals surface area (Å²) in [6.07, 6.45) is 0.624. The maximum absolute atomic E-state index is 11.7. The van der Waals surface area contributed by atoms with Gasteiger partial charge in [-0.15, -0.1) is 23.1 Å². The van der Waals surface area contributed by atoms with Crippen LogP contribution in [0.4, 0.5) is 0 Å². The van der Waals surface area contributed by atoms with Crippen LogP contribution in [0.5, 0.6) is 0 Å². The minimum Gasteiger partial charge on any atom is -0.344 e. The second-order valence-electron chi connectivity index (χ2n) is 4.27. The number of hydrogen-bond acceptors (Lipinski definition) is 5. The third-order valence-electron chi connectivity index (χ3n) is 2.68. The minimum atomic E-state index is -0.600. The summed E-state index contributed by atoms with van der Waals surface area (Å²) in [5.41, 5.74) is 0. The van der Waals surface area contributed by atoms with E-state index >= 15 is 0 Å². The Bertz CT molecular complexity index is 533. The first-order valence-corrected chi connectivity index (χ1v) is 8.34. The molecule has 20 heavy (non-hydrogen) atoms. The summed E-state index contributed by atoms with van der Waals surface area (Å²) in [7, 11) is 0. The Morgan fingerprint density at radius 3 is 2.95 bits per heavy atom. The first kappa shape index (κ1) is 15.3. The molecule has 0 bridgehead atoms. The van der Waals surface area contributed by atoms with Crippen LogP contribution in [0.1, 0.15) is 17.7 Å². The molecule has 1 fully saturated rings. The Hall–Kier alpha value is -1.05. The van der Waals surface area contributed by atoms with Crippen molar-refractivity contribution >= 4 is 52.4 Å². The van der Waals surface area contributed by atoms with Crippen molar-refractivity contribution in [1.29, 1.82) is 0 Å². The fraction of sp³-hybridized carbons (Fsp3) is 0.417. The van der Waals surface area contributed by atoms with Gasteiger partial charge in [0.05, 0.1) is 10.1 Å². The van der Waals surface area contributed by atoms with E-state index in [1.165, 1.54) is 23.1 Å². The molecule has 0 aromatic carbocycles. The van der Waals surface area contributed by atoms with Crippen molar-refractivity contribution in [2.75, 3.05) is 5.75 Å². The van der Waals surface area contributed by atoms with E-state index in [9.17, 15) is 14.4 Å². The fourth-order valence-corrected chi connectivity index (χ4v) is 3.78. The van der Waals surface area contributed by atoms with Crippen molar-refractivity contribution in [1.82, 2.24) is 10.6 Å². The fourth-order valence-electron chi connectivity index (χ4n) is 1.74. The van der Waals surface area contributed by atoms with Gasteiger partial charge in [0.15, 0.2) is 0 Å². The average molecular weight is 333 g/mol. The molecule has 8 heteroatoms. The zero-order valence-corrected chi connectivity index (χ0v) is 12.9. The van der Waals surface area contributed by atoms with E-state index in [1.54, 1.807) is 0 Å². The van der Waals surface area contributed by atoms with E-state index in [0.29, 0.717) is 12.2 Å². The zero-order valence-electron chi connectivity index (χ0n) is 10.5. The van der Waals surface area contributed by atoms with Gasteiger partial charge in [0.25, 0.3) is 0 Å². The highest BCUT2D eigenvalue weighted by Crippen LogP contribution is 2.25. The van der Waals surface area contributed by atoms with E-state index < -0.39 is 11.9 Å². The Morgan fingerprint density at radius 1 is 1.50 bits per heavy atom. The molecule has 108 valence electrons. The Kier molecular flexibility index (Phi) is 5.45. The van der Waals surface area contributed by atoms with E-state index in [2.05, 4.69) is 10.6 Å². The Morgan fingerprint density at radius 2 is 2.30 bits per heavy atom. The molecule has 2 rings (SSSR count). The van der Waals surface area contributed by atoms with Gasteiger partial charge >= 0.3 is 0 Å². The van der Waals surface area contributed by atoms with E-state index in [0.717, 1.165) is 9.21 Å². The maximum Gasteiger partial charge on any atom is 0.249 e. The third-order valence-corrected chi connectivity index (χ3v) is 5.08. The standard InChI is InChI=1S/C12H13ClN2O3S2/c13-9-3-1-7(20-9)5-19-6-11(17)14-8-2-4-10(16)15-12(8)18/h1,3,8H,2,4-6H2,(H,14,17)(H,15,16,18). The first-order chi connectivity index (χ1) is 9.54. The molecule has 0 aliphatic carbocycles. The van der Waals surface area contributed by atoms with Gasteiger partial charge in [-0.2, -0.15) is 0 Å². The number of imide groups is 1. The van der Waals surface area contributed by atoms with E-state index in [1.807, 2.05) is 12.1 Å². The topological polar surface area (TPSA) is 75.3 Å².